The Bertz CT molecular complexity index is 343. The molecule has 0 aromatic carbocycles. The van der Waals surface area contributed by atoms with Crippen LogP contribution in [0.25, 0.3) is 0 Å². The lowest BCUT2D eigenvalue weighted by Gasteiger charge is -2.33. The average Bonchev–Trinajstić information content (AvgIpc) is 2.23. The molecule has 16 heavy (non-hydrogen) atoms. The first-order valence-electron chi connectivity index (χ1n) is 6.00. The lowest BCUT2D eigenvalue weighted by Crippen LogP contribution is -2.39. The van der Waals surface area contributed by atoms with Crippen LogP contribution in [0.15, 0.2) is 18.5 Å². The van der Waals surface area contributed by atoms with Gasteiger partial charge >= 0.3 is 0 Å². The van der Waals surface area contributed by atoms with Gasteiger partial charge in [-0.2, -0.15) is 0 Å². The Hall–Kier alpha value is -1.09. The van der Waals surface area contributed by atoms with E-state index in [1.165, 1.54) is 24.1 Å². The molecule has 1 aliphatic rings. The largest absolute Gasteiger partial charge is 0.377 e. The van der Waals surface area contributed by atoms with Crippen LogP contribution in [0.3, 0.4) is 0 Å². The van der Waals surface area contributed by atoms with Crippen LogP contribution in [0, 0.1) is 5.92 Å². The number of nitrogens with one attached hydrogen (secondary N) is 1. The van der Waals surface area contributed by atoms with Crippen molar-refractivity contribution in [3.63, 3.8) is 0 Å². The minimum atomic E-state index is 0.713. The number of anilines is 1. The maximum absolute atomic E-state index is 4.20. The molecule has 1 fully saturated rings. The summed E-state index contributed by atoms with van der Waals surface area (Å²) >= 11 is 0. The van der Waals surface area contributed by atoms with E-state index < -0.39 is 0 Å². The van der Waals surface area contributed by atoms with Gasteiger partial charge in [-0.15, -0.1) is 0 Å². The van der Waals surface area contributed by atoms with Gasteiger partial charge in [0.25, 0.3) is 0 Å². The summed E-state index contributed by atoms with van der Waals surface area (Å²) in [6.07, 6.45) is 6.45. The van der Waals surface area contributed by atoms with E-state index in [-0.39, 0.29) is 0 Å². The third kappa shape index (κ3) is 2.53. The number of aromatic nitrogens is 1. The molecule has 0 saturated heterocycles. The van der Waals surface area contributed by atoms with Gasteiger partial charge in [-0.3, -0.25) is 4.98 Å². The molecular weight excluding hydrogens is 198 g/mol. The second kappa shape index (κ2) is 4.83. The molecule has 0 atom stereocenters. The highest BCUT2D eigenvalue weighted by molar-refractivity contribution is 5.50. The quantitative estimate of drug-likeness (QED) is 0.840. The zero-order valence-electron chi connectivity index (χ0n) is 10.4. The first-order valence-corrected chi connectivity index (χ1v) is 6.00. The van der Waals surface area contributed by atoms with Gasteiger partial charge in [-0.05, 0) is 24.8 Å². The van der Waals surface area contributed by atoms with Crippen LogP contribution < -0.4 is 10.2 Å². The second-order valence-electron chi connectivity index (χ2n) is 5.05. The van der Waals surface area contributed by atoms with Gasteiger partial charge in [0.15, 0.2) is 0 Å². The normalized spacial score (nSPS) is 23.9. The molecule has 0 aliphatic heterocycles. The number of pyridine rings is 1. The maximum atomic E-state index is 4.20. The van der Waals surface area contributed by atoms with Crippen molar-refractivity contribution >= 4 is 5.69 Å². The third-order valence-electron chi connectivity index (χ3n) is 3.31. The summed E-state index contributed by atoms with van der Waals surface area (Å²) in [5.74, 6) is 0.903. The maximum Gasteiger partial charge on any atom is 0.0437 e. The van der Waals surface area contributed by atoms with Crippen LogP contribution in [-0.2, 0) is 6.54 Å². The predicted molar refractivity (Wildman–Crippen MR) is 67.6 cm³/mol. The molecular formula is C13H21N3. The zero-order valence-corrected chi connectivity index (χ0v) is 10.4. The Labute approximate surface area is 97.9 Å². The fraction of sp³-hybridized carbons (Fsp3) is 0.615. The van der Waals surface area contributed by atoms with E-state index in [9.17, 15) is 0 Å². The van der Waals surface area contributed by atoms with Gasteiger partial charge in [-0.25, -0.2) is 0 Å². The van der Waals surface area contributed by atoms with Crippen LogP contribution in [0.5, 0.6) is 0 Å². The van der Waals surface area contributed by atoms with E-state index in [0.29, 0.717) is 6.04 Å². The summed E-state index contributed by atoms with van der Waals surface area (Å²) in [6.45, 7) is 3.24. The minimum Gasteiger partial charge on any atom is -0.377 e. The van der Waals surface area contributed by atoms with Gasteiger partial charge in [0.05, 0.1) is 0 Å². The topological polar surface area (TPSA) is 28.2 Å². The lowest BCUT2D eigenvalue weighted by molar-refractivity contribution is 0.240. The summed E-state index contributed by atoms with van der Waals surface area (Å²) in [4.78, 5) is 6.34. The van der Waals surface area contributed by atoms with E-state index in [4.69, 9.17) is 0 Å². The average molecular weight is 219 g/mol. The molecule has 0 bridgehead atoms. The van der Waals surface area contributed by atoms with E-state index in [1.54, 1.807) is 0 Å². The number of rotatable bonds is 4. The smallest absolute Gasteiger partial charge is 0.0437 e. The molecule has 1 heterocycles. The number of hydrogen-bond acceptors (Lipinski definition) is 3. The van der Waals surface area contributed by atoms with Crippen molar-refractivity contribution in [2.75, 3.05) is 19.0 Å². The summed E-state index contributed by atoms with van der Waals surface area (Å²) < 4.78 is 0. The van der Waals surface area contributed by atoms with Crippen molar-refractivity contribution < 1.29 is 0 Å². The highest BCUT2D eigenvalue weighted by Crippen LogP contribution is 2.27. The lowest BCUT2D eigenvalue weighted by atomic mass is 9.82. The van der Waals surface area contributed by atoms with Crippen molar-refractivity contribution in [2.24, 2.45) is 5.92 Å². The number of nitrogens with zero attached hydrogens (tertiary/aromatic N) is 2. The molecule has 1 saturated carbocycles. The Morgan fingerprint density at radius 2 is 2.19 bits per heavy atom. The van der Waals surface area contributed by atoms with Crippen molar-refractivity contribution in [3.8, 4) is 0 Å². The fourth-order valence-electron chi connectivity index (χ4n) is 2.32. The second-order valence-corrected chi connectivity index (χ2v) is 5.05. The first-order chi connectivity index (χ1) is 7.66. The van der Waals surface area contributed by atoms with E-state index >= 15 is 0 Å². The predicted octanol–water partition coefficient (Wildman–Crippen LogP) is 2.04. The Morgan fingerprint density at radius 1 is 1.44 bits per heavy atom. The molecule has 0 radical (unpaired) electrons. The van der Waals surface area contributed by atoms with Gasteiger partial charge < -0.3 is 10.2 Å². The molecule has 1 N–H and O–H groups in total. The summed E-state index contributed by atoms with van der Waals surface area (Å²) in [5.41, 5.74) is 2.54. The summed E-state index contributed by atoms with van der Waals surface area (Å²) in [6, 6.07) is 2.78. The van der Waals surface area contributed by atoms with E-state index in [0.717, 1.165) is 12.5 Å². The van der Waals surface area contributed by atoms with Gasteiger partial charge in [0, 0.05) is 50.3 Å². The minimum absolute atomic E-state index is 0.713. The van der Waals surface area contributed by atoms with Gasteiger partial charge in [0.1, 0.15) is 0 Å². The summed E-state index contributed by atoms with van der Waals surface area (Å²) in [5, 5.41) is 3.59. The third-order valence-corrected chi connectivity index (χ3v) is 3.31. The monoisotopic (exact) mass is 219 g/mol. The first kappa shape index (κ1) is 11.4. The van der Waals surface area contributed by atoms with Gasteiger partial charge in [-0.1, -0.05) is 6.92 Å². The molecule has 1 aromatic rings. The van der Waals surface area contributed by atoms with Gasteiger partial charge in [0.2, 0.25) is 0 Å². The summed E-state index contributed by atoms with van der Waals surface area (Å²) in [7, 11) is 4.15. The Balaban J connectivity index is 1.93. The van der Waals surface area contributed by atoms with Crippen LogP contribution in [-0.4, -0.2) is 25.1 Å². The van der Waals surface area contributed by atoms with Crippen molar-refractivity contribution in [2.45, 2.75) is 32.4 Å². The SMILES string of the molecule is CC1CC(NCc2cnccc2N(C)C)C1. The Morgan fingerprint density at radius 3 is 2.81 bits per heavy atom. The van der Waals surface area contributed by atoms with Crippen LogP contribution in [0.4, 0.5) is 5.69 Å². The van der Waals surface area contributed by atoms with Crippen LogP contribution >= 0.6 is 0 Å². The van der Waals surface area contributed by atoms with Crippen molar-refractivity contribution in [1.29, 1.82) is 0 Å². The highest BCUT2D eigenvalue weighted by atomic mass is 15.1. The molecule has 0 amide bonds. The van der Waals surface area contributed by atoms with E-state index in [1.807, 2.05) is 12.4 Å². The molecule has 88 valence electrons. The standard InChI is InChI=1S/C13H21N3/c1-10-6-12(7-10)15-9-11-8-14-5-4-13(11)16(2)3/h4-5,8,10,12,15H,6-7,9H2,1-3H3. The van der Waals surface area contributed by atoms with Crippen molar-refractivity contribution in [3.05, 3.63) is 24.0 Å². The molecule has 3 nitrogen and oxygen atoms in total. The molecule has 0 unspecified atom stereocenters. The molecule has 0 spiro atoms. The number of hydrogen-bond donors (Lipinski definition) is 1. The molecule has 2 rings (SSSR count). The van der Waals surface area contributed by atoms with Crippen molar-refractivity contribution in [1.82, 2.24) is 10.3 Å². The molecule has 1 aliphatic carbocycles. The highest BCUT2D eigenvalue weighted by Gasteiger charge is 2.24. The van der Waals surface area contributed by atoms with Crippen LogP contribution in [0.2, 0.25) is 0 Å². The Kier molecular flexibility index (Phi) is 3.44. The molecule has 3 heteroatoms. The van der Waals surface area contributed by atoms with Crippen LogP contribution in [0.1, 0.15) is 25.3 Å². The van der Waals surface area contributed by atoms with E-state index in [2.05, 4.69) is 42.3 Å². The fourth-order valence-corrected chi connectivity index (χ4v) is 2.32. The molecule has 1 aromatic heterocycles. The zero-order chi connectivity index (χ0) is 11.5.